The van der Waals surface area contributed by atoms with Crippen molar-refractivity contribution >= 4 is 44.3 Å². The lowest BCUT2D eigenvalue weighted by Crippen LogP contribution is -2.28. The smallest absolute Gasteiger partial charge is 0.338 e. The molecular weight excluding hydrogens is 512 g/mol. The van der Waals surface area contributed by atoms with Gasteiger partial charge in [-0.1, -0.05) is 60.1 Å². The molecule has 1 aliphatic heterocycles. The van der Waals surface area contributed by atoms with Crippen LogP contribution in [0.1, 0.15) is 33.6 Å². The number of Topliss-reactive ketones (excluding diaryl/α,β-unsaturated/α-hetero) is 1. The van der Waals surface area contributed by atoms with Gasteiger partial charge >= 0.3 is 5.97 Å². The Hall–Kier alpha value is -3.46. The standard InChI is InChI=1S/C28H25ClN2O5S/c1-30-23-12-6-5-11-21(23)26(27(30)19-9-3-2-4-10-19)24(32)18-36-28(33)20-13-14-22(29)25(17-20)37(34,35)31-15-7-8-16-31/h2-6,9-14,17H,7-8,15-16,18H2,1H3. The van der Waals surface area contributed by atoms with Crippen LogP contribution < -0.4 is 0 Å². The lowest BCUT2D eigenvalue weighted by molar-refractivity contribution is 0.0475. The summed E-state index contributed by atoms with van der Waals surface area (Å²) >= 11 is 6.19. The molecule has 0 aliphatic carbocycles. The third kappa shape index (κ3) is 4.68. The van der Waals surface area contributed by atoms with Crippen LogP contribution in [0.15, 0.2) is 77.7 Å². The molecule has 0 spiro atoms. The highest BCUT2D eigenvalue weighted by Gasteiger charge is 2.30. The first-order valence-electron chi connectivity index (χ1n) is 11.9. The number of halogens is 1. The second-order valence-corrected chi connectivity index (χ2v) is 11.2. The predicted molar refractivity (Wildman–Crippen MR) is 142 cm³/mol. The molecule has 5 rings (SSSR count). The quantitative estimate of drug-likeness (QED) is 0.236. The lowest BCUT2D eigenvalue weighted by atomic mass is 10.0. The van der Waals surface area contributed by atoms with Crippen molar-refractivity contribution in [3.05, 3.63) is 88.9 Å². The van der Waals surface area contributed by atoms with E-state index in [4.69, 9.17) is 16.3 Å². The van der Waals surface area contributed by atoms with E-state index in [1.54, 1.807) is 0 Å². The first kappa shape index (κ1) is 25.2. The largest absolute Gasteiger partial charge is 0.454 e. The molecule has 7 nitrogen and oxygen atoms in total. The molecule has 190 valence electrons. The molecule has 3 aromatic carbocycles. The number of carbonyl (C=O) groups is 2. The van der Waals surface area contributed by atoms with Crippen molar-refractivity contribution in [2.24, 2.45) is 7.05 Å². The van der Waals surface area contributed by atoms with Gasteiger partial charge in [-0.2, -0.15) is 4.31 Å². The Morgan fingerprint density at radius 2 is 1.62 bits per heavy atom. The Bertz CT molecular complexity index is 1610. The van der Waals surface area contributed by atoms with Crippen LogP contribution in [0.5, 0.6) is 0 Å². The SMILES string of the molecule is Cn1c(-c2ccccc2)c(C(=O)COC(=O)c2ccc(Cl)c(S(=O)(=O)N3CCCC3)c2)c2ccccc21. The maximum Gasteiger partial charge on any atom is 0.338 e. The fourth-order valence-electron chi connectivity index (χ4n) is 4.79. The Balaban J connectivity index is 1.42. The summed E-state index contributed by atoms with van der Waals surface area (Å²) in [5, 5.41) is 0.790. The maximum absolute atomic E-state index is 13.4. The first-order chi connectivity index (χ1) is 17.8. The summed E-state index contributed by atoms with van der Waals surface area (Å²) in [5.41, 5.74) is 2.95. The number of carbonyl (C=O) groups excluding carboxylic acids is 2. The Labute approximate surface area is 220 Å². The molecule has 0 saturated carbocycles. The third-order valence-electron chi connectivity index (χ3n) is 6.62. The van der Waals surface area contributed by atoms with Gasteiger partial charge in [-0.25, -0.2) is 13.2 Å². The average Bonchev–Trinajstić information content (AvgIpc) is 3.56. The van der Waals surface area contributed by atoms with Gasteiger partial charge in [0.05, 0.1) is 21.8 Å². The van der Waals surface area contributed by atoms with Crippen LogP contribution in [0.2, 0.25) is 5.02 Å². The molecule has 1 aromatic heterocycles. The maximum atomic E-state index is 13.4. The summed E-state index contributed by atoms with van der Waals surface area (Å²) in [6.45, 7) is 0.330. The number of ketones is 1. The van der Waals surface area contributed by atoms with Gasteiger partial charge in [-0.05, 0) is 42.7 Å². The summed E-state index contributed by atoms with van der Waals surface area (Å²) < 4.78 is 34.7. The number of sulfonamides is 1. The molecule has 0 N–H and O–H groups in total. The number of hydrogen-bond donors (Lipinski definition) is 0. The summed E-state index contributed by atoms with van der Waals surface area (Å²) in [7, 11) is -1.94. The molecule has 37 heavy (non-hydrogen) atoms. The minimum absolute atomic E-state index is 0.0103. The van der Waals surface area contributed by atoms with Gasteiger partial charge in [-0.15, -0.1) is 0 Å². The first-order valence-corrected chi connectivity index (χ1v) is 13.7. The third-order valence-corrected chi connectivity index (χ3v) is 9.00. The molecule has 0 atom stereocenters. The van der Waals surface area contributed by atoms with Gasteiger partial charge in [0.15, 0.2) is 6.61 Å². The van der Waals surface area contributed by atoms with E-state index in [2.05, 4.69) is 0 Å². The number of hydrogen-bond acceptors (Lipinski definition) is 5. The van der Waals surface area contributed by atoms with E-state index < -0.39 is 22.6 Å². The van der Waals surface area contributed by atoms with Crippen LogP contribution in [0.25, 0.3) is 22.2 Å². The minimum atomic E-state index is -3.83. The Morgan fingerprint density at radius 1 is 0.946 bits per heavy atom. The summed E-state index contributed by atoms with van der Waals surface area (Å²) in [6.07, 6.45) is 1.56. The van der Waals surface area contributed by atoms with Crippen molar-refractivity contribution in [2.45, 2.75) is 17.7 Å². The van der Waals surface area contributed by atoms with Crippen LogP contribution in [-0.4, -0.2) is 48.7 Å². The lowest BCUT2D eigenvalue weighted by Gasteiger charge is -2.17. The highest BCUT2D eigenvalue weighted by atomic mass is 35.5. The number of nitrogens with zero attached hydrogens (tertiary/aromatic N) is 2. The zero-order valence-corrected chi connectivity index (χ0v) is 21.8. The van der Waals surface area contributed by atoms with Crippen LogP contribution in [0.3, 0.4) is 0 Å². The number of fused-ring (bicyclic) bond motifs is 1. The van der Waals surface area contributed by atoms with E-state index in [9.17, 15) is 18.0 Å². The number of ether oxygens (including phenoxy) is 1. The van der Waals surface area contributed by atoms with Crippen molar-refractivity contribution in [3.63, 3.8) is 0 Å². The van der Waals surface area contributed by atoms with Gasteiger partial charge in [-0.3, -0.25) is 4.79 Å². The molecule has 4 aromatic rings. The molecule has 1 fully saturated rings. The molecule has 2 heterocycles. The van der Waals surface area contributed by atoms with Crippen LogP contribution in [0, 0.1) is 0 Å². The van der Waals surface area contributed by atoms with Crippen LogP contribution in [-0.2, 0) is 21.8 Å². The van der Waals surface area contributed by atoms with Crippen LogP contribution >= 0.6 is 11.6 Å². The van der Waals surface area contributed by atoms with Gasteiger partial charge < -0.3 is 9.30 Å². The summed E-state index contributed by atoms with van der Waals surface area (Å²) in [5.74, 6) is -1.16. The molecular formula is C28H25ClN2O5S. The van der Waals surface area contributed by atoms with Gasteiger partial charge in [0.25, 0.3) is 0 Å². The predicted octanol–water partition coefficient (Wildman–Crippen LogP) is 5.32. The number of aryl methyl sites for hydroxylation is 1. The zero-order valence-electron chi connectivity index (χ0n) is 20.2. The van der Waals surface area contributed by atoms with Crippen molar-refractivity contribution < 1.29 is 22.7 Å². The van der Waals surface area contributed by atoms with Crippen molar-refractivity contribution in [2.75, 3.05) is 19.7 Å². The van der Waals surface area contributed by atoms with E-state index in [0.717, 1.165) is 35.0 Å². The second-order valence-electron chi connectivity index (χ2n) is 8.92. The molecule has 0 radical (unpaired) electrons. The summed E-state index contributed by atoms with van der Waals surface area (Å²) in [6, 6.07) is 21.1. The fraction of sp³-hybridized carbons (Fsp3) is 0.214. The monoisotopic (exact) mass is 536 g/mol. The zero-order chi connectivity index (χ0) is 26.2. The second kappa shape index (κ2) is 10.1. The molecule has 1 saturated heterocycles. The topological polar surface area (TPSA) is 85.7 Å². The number of aromatic nitrogens is 1. The minimum Gasteiger partial charge on any atom is -0.454 e. The van der Waals surface area contributed by atoms with E-state index >= 15 is 0 Å². The molecule has 1 aliphatic rings. The highest BCUT2D eigenvalue weighted by molar-refractivity contribution is 7.89. The van der Waals surface area contributed by atoms with Crippen LogP contribution in [0.4, 0.5) is 0 Å². The molecule has 9 heteroatoms. The Kier molecular flexibility index (Phi) is 6.90. The normalized spacial score (nSPS) is 14.2. The molecule has 0 amide bonds. The molecule has 0 unspecified atom stereocenters. The van der Waals surface area contributed by atoms with Gasteiger partial charge in [0.2, 0.25) is 15.8 Å². The van der Waals surface area contributed by atoms with Gasteiger partial charge in [0, 0.05) is 31.0 Å². The number of rotatable bonds is 7. The van der Waals surface area contributed by atoms with Crippen molar-refractivity contribution in [1.82, 2.24) is 8.87 Å². The number of para-hydroxylation sites is 1. The van der Waals surface area contributed by atoms with Crippen molar-refractivity contribution in [1.29, 1.82) is 0 Å². The Morgan fingerprint density at radius 3 is 2.35 bits per heavy atom. The van der Waals surface area contributed by atoms with E-state index in [1.807, 2.05) is 66.2 Å². The average molecular weight is 537 g/mol. The number of esters is 1. The van der Waals surface area contributed by atoms with E-state index in [1.165, 1.54) is 22.5 Å². The number of benzene rings is 3. The summed E-state index contributed by atoms with van der Waals surface area (Å²) in [4.78, 5) is 26.2. The van der Waals surface area contributed by atoms with Gasteiger partial charge in [0.1, 0.15) is 4.90 Å². The van der Waals surface area contributed by atoms with Crippen molar-refractivity contribution in [3.8, 4) is 11.3 Å². The molecule has 0 bridgehead atoms. The highest BCUT2D eigenvalue weighted by Crippen LogP contribution is 2.33. The van der Waals surface area contributed by atoms with E-state index in [0.29, 0.717) is 18.7 Å². The fourth-order valence-corrected chi connectivity index (χ4v) is 6.81. The van der Waals surface area contributed by atoms with E-state index in [-0.39, 0.29) is 21.3 Å².